The molecule has 2 aliphatic heterocycles. The summed E-state index contributed by atoms with van der Waals surface area (Å²) in [6.07, 6.45) is 4.18. The average Bonchev–Trinajstić information content (AvgIpc) is 3.03. The van der Waals surface area contributed by atoms with Gasteiger partial charge in [0, 0.05) is 25.5 Å². The molecule has 0 N–H and O–H groups in total. The van der Waals surface area contributed by atoms with Crippen LogP contribution in [0.1, 0.15) is 38.3 Å². The number of morpholine rings is 1. The Morgan fingerprint density at radius 3 is 2.28 bits per heavy atom. The smallest absolute Gasteiger partial charge is 0.278 e. The molecule has 168 valence electrons. The molecule has 7 nitrogen and oxygen atoms in total. The van der Waals surface area contributed by atoms with Gasteiger partial charge in [-0.3, -0.25) is 19.5 Å². The summed E-state index contributed by atoms with van der Waals surface area (Å²) < 4.78 is 11.5. The van der Waals surface area contributed by atoms with Crippen LogP contribution in [0.5, 0.6) is 5.75 Å². The molecule has 2 atom stereocenters. The highest BCUT2D eigenvalue weighted by atomic mass is 16.5. The van der Waals surface area contributed by atoms with Gasteiger partial charge in [0.15, 0.2) is 0 Å². The molecule has 1 aromatic carbocycles. The molecule has 3 heterocycles. The first-order valence-electron chi connectivity index (χ1n) is 11.1. The summed E-state index contributed by atoms with van der Waals surface area (Å²) in [5.74, 6) is 0.196. The minimum atomic E-state index is -0.282. The minimum absolute atomic E-state index is 0.0329. The summed E-state index contributed by atoms with van der Waals surface area (Å²) in [7, 11) is 0. The van der Waals surface area contributed by atoms with Crippen LogP contribution in [-0.2, 0) is 20.9 Å². The molecule has 0 radical (unpaired) electrons. The first-order chi connectivity index (χ1) is 15.5. The number of carbonyl (C=O) groups excluding carboxylic acids is 2. The third-order valence-corrected chi connectivity index (χ3v) is 5.59. The SMILES string of the molecule is CCCOc1ccc(C2=C(N3CC(C)OC(C)C3)C(=O)N(Cc3ccncc3)C2=O)cc1. The number of carbonyl (C=O) groups is 2. The van der Waals surface area contributed by atoms with Crippen molar-refractivity contribution in [2.75, 3.05) is 19.7 Å². The van der Waals surface area contributed by atoms with Crippen LogP contribution in [0.4, 0.5) is 0 Å². The van der Waals surface area contributed by atoms with E-state index >= 15 is 0 Å². The molecule has 2 unspecified atom stereocenters. The highest BCUT2D eigenvalue weighted by Gasteiger charge is 2.43. The molecule has 0 saturated carbocycles. The van der Waals surface area contributed by atoms with E-state index in [4.69, 9.17) is 9.47 Å². The van der Waals surface area contributed by atoms with Gasteiger partial charge in [0.05, 0.1) is 30.9 Å². The lowest BCUT2D eigenvalue weighted by Crippen LogP contribution is -2.46. The number of benzene rings is 1. The summed E-state index contributed by atoms with van der Waals surface area (Å²) in [6.45, 7) is 7.98. The predicted octanol–water partition coefficient (Wildman–Crippen LogP) is 3.26. The van der Waals surface area contributed by atoms with Crippen LogP contribution in [0.15, 0.2) is 54.5 Å². The van der Waals surface area contributed by atoms with E-state index in [0.29, 0.717) is 36.5 Å². The number of rotatable bonds is 7. The molecule has 2 amide bonds. The van der Waals surface area contributed by atoms with Gasteiger partial charge >= 0.3 is 0 Å². The quantitative estimate of drug-likeness (QED) is 0.622. The van der Waals surface area contributed by atoms with Crippen molar-refractivity contribution in [3.8, 4) is 5.75 Å². The number of nitrogens with zero attached hydrogens (tertiary/aromatic N) is 3. The van der Waals surface area contributed by atoms with Crippen LogP contribution in [0.25, 0.3) is 5.57 Å². The van der Waals surface area contributed by atoms with Gasteiger partial charge in [-0.15, -0.1) is 0 Å². The first-order valence-corrected chi connectivity index (χ1v) is 11.1. The number of ether oxygens (including phenoxy) is 2. The molecule has 7 heteroatoms. The number of amides is 2. The van der Waals surface area contributed by atoms with Gasteiger partial charge in [0.1, 0.15) is 11.4 Å². The summed E-state index contributed by atoms with van der Waals surface area (Å²) in [4.78, 5) is 34.4. The topological polar surface area (TPSA) is 72.0 Å². The van der Waals surface area contributed by atoms with Crippen molar-refractivity contribution in [1.82, 2.24) is 14.8 Å². The van der Waals surface area contributed by atoms with Gasteiger partial charge in [-0.2, -0.15) is 0 Å². The van der Waals surface area contributed by atoms with Gasteiger partial charge in [0.25, 0.3) is 11.8 Å². The third kappa shape index (κ3) is 4.53. The zero-order chi connectivity index (χ0) is 22.7. The summed E-state index contributed by atoms with van der Waals surface area (Å²) in [5.41, 5.74) is 2.46. The molecular formula is C25H29N3O4. The van der Waals surface area contributed by atoms with Gasteiger partial charge < -0.3 is 14.4 Å². The summed E-state index contributed by atoms with van der Waals surface area (Å²) >= 11 is 0. The lowest BCUT2D eigenvalue weighted by atomic mass is 10.0. The fraction of sp³-hybridized carbons (Fsp3) is 0.400. The van der Waals surface area contributed by atoms with Crippen molar-refractivity contribution in [2.24, 2.45) is 0 Å². The number of aromatic nitrogens is 1. The van der Waals surface area contributed by atoms with Crippen molar-refractivity contribution in [1.29, 1.82) is 0 Å². The fourth-order valence-electron chi connectivity index (χ4n) is 4.23. The average molecular weight is 436 g/mol. The molecule has 1 fully saturated rings. The molecule has 2 aliphatic rings. The highest BCUT2D eigenvalue weighted by Crippen LogP contribution is 2.34. The van der Waals surface area contributed by atoms with E-state index in [9.17, 15) is 9.59 Å². The zero-order valence-electron chi connectivity index (χ0n) is 18.8. The zero-order valence-corrected chi connectivity index (χ0v) is 18.8. The third-order valence-electron chi connectivity index (χ3n) is 5.59. The van der Waals surface area contributed by atoms with Crippen molar-refractivity contribution in [2.45, 2.75) is 45.9 Å². The van der Waals surface area contributed by atoms with E-state index < -0.39 is 0 Å². The van der Waals surface area contributed by atoms with Crippen molar-refractivity contribution >= 4 is 17.4 Å². The van der Waals surface area contributed by atoms with E-state index in [-0.39, 0.29) is 30.6 Å². The molecule has 1 saturated heterocycles. The second-order valence-electron chi connectivity index (χ2n) is 8.31. The number of hydrogen-bond donors (Lipinski definition) is 0. The summed E-state index contributed by atoms with van der Waals surface area (Å²) in [6, 6.07) is 11.0. The van der Waals surface area contributed by atoms with Crippen LogP contribution >= 0.6 is 0 Å². The predicted molar refractivity (Wildman–Crippen MR) is 121 cm³/mol. The van der Waals surface area contributed by atoms with E-state index in [1.807, 2.05) is 55.1 Å². The lowest BCUT2D eigenvalue weighted by Gasteiger charge is -2.37. The van der Waals surface area contributed by atoms with Gasteiger partial charge in [-0.05, 0) is 55.7 Å². The van der Waals surface area contributed by atoms with Gasteiger partial charge in [-0.1, -0.05) is 19.1 Å². The summed E-state index contributed by atoms with van der Waals surface area (Å²) in [5, 5.41) is 0. The number of hydrogen-bond acceptors (Lipinski definition) is 6. The Balaban J connectivity index is 1.70. The molecule has 32 heavy (non-hydrogen) atoms. The van der Waals surface area contributed by atoms with Gasteiger partial charge in [0.2, 0.25) is 0 Å². The van der Waals surface area contributed by atoms with E-state index in [1.54, 1.807) is 12.4 Å². The normalized spacial score (nSPS) is 21.5. The lowest BCUT2D eigenvalue weighted by molar-refractivity contribution is -0.139. The molecular weight excluding hydrogens is 406 g/mol. The largest absolute Gasteiger partial charge is 0.494 e. The van der Waals surface area contributed by atoms with Crippen LogP contribution < -0.4 is 4.74 Å². The van der Waals surface area contributed by atoms with Crippen molar-refractivity contribution in [3.63, 3.8) is 0 Å². The Morgan fingerprint density at radius 1 is 1.00 bits per heavy atom. The molecule has 0 bridgehead atoms. The Morgan fingerprint density at radius 2 is 1.66 bits per heavy atom. The molecule has 0 aliphatic carbocycles. The maximum absolute atomic E-state index is 13.5. The van der Waals surface area contributed by atoms with E-state index in [2.05, 4.69) is 11.9 Å². The number of pyridine rings is 1. The Bertz CT molecular complexity index is 994. The van der Waals surface area contributed by atoms with E-state index in [0.717, 1.165) is 17.7 Å². The molecule has 0 spiro atoms. The van der Waals surface area contributed by atoms with Crippen LogP contribution in [0.2, 0.25) is 0 Å². The Hall–Kier alpha value is -3.19. The molecule has 1 aromatic heterocycles. The van der Waals surface area contributed by atoms with Crippen molar-refractivity contribution in [3.05, 3.63) is 65.6 Å². The maximum Gasteiger partial charge on any atom is 0.278 e. The van der Waals surface area contributed by atoms with Crippen molar-refractivity contribution < 1.29 is 19.1 Å². The number of imide groups is 1. The monoisotopic (exact) mass is 435 g/mol. The first kappa shape index (κ1) is 22.0. The minimum Gasteiger partial charge on any atom is -0.494 e. The maximum atomic E-state index is 13.5. The van der Waals surface area contributed by atoms with Crippen LogP contribution in [-0.4, -0.2) is 58.5 Å². The van der Waals surface area contributed by atoms with Crippen LogP contribution in [0, 0.1) is 0 Å². The Kier molecular flexibility index (Phi) is 6.55. The second-order valence-corrected chi connectivity index (χ2v) is 8.31. The van der Waals surface area contributed by atoms with Gasteiger partial charge in [-0.25, -0.2) is 0 Å². The Labute approximate surface area is 188 Å². The highest BCUT2D eigenvalue weighted by molar-refractivity contribution is 6.35. The fourth-order valence-corrected chi connectivity index (χ4v) is 4.23. The van der Waals surface area contributed by atoms with E-state index in [1.165, 1.54) is 4.90 Å². The second kappa shape index (κ2) is 9.53. The standard InChI is InChI=1S/C25H29N3O4/c1-4-13-31-21-7-5-20(6-8-21)22-23(27-14-17(2)32-18(3)15-27)25(30)28(24(22)29)16-19-9-11-26-12-10-19/h5-12,17-18H,4,13-16H2,1-3H3. The molecule has 2 aromatic rings. The molecule has 4 rings (SSSR count). The van der Waals surface area contributed by atoms with Crippen LogP contribution in [0.3, 0.4) is 0 Å².